The van der Waals surface area contributed by atoms with Crippen molar-refractivity contribution in [1.29, 1.82) is 0 Å². The average Bonchev–Trinajstić information content (AvgIpc) is 2.41. The summed E-state index contributed by atoms with van der Waals surface area (Å²) in [5, 5.41) is 0.816. The number of hydrogen-bond donors (Lipinski definition) is 1. The van der Waals surface area contributed by atoms with Crippen LogP contribution in [0.5, 0.6) is 11.6 Å². The van der Waals surface area contributed by atoms with Crippen molar-refractivity contribution in [2.45, 2.75) is 0 Å². The minimum Gasteiger partial charge on any atom is -0.437 e. The van der Waals surface area contributed by atoms with Gasteiger partial charge in [0.25, 0.3) is 0 Å². The number of fused-ring (bicyclic) bond motifs is 1. The van der Waals surface area contributed by atoms with Crippen LogP contribution in [0.3, 0.4) is 0 Å². The number of ether oxygens (including phenoxy) is 1. The lowest BCUT2D eigenvalue weighted by Crippen LogP contribution is -1.93. The summed E-state index contributed by atoms with van der Waals surface area (Å²) < 4.78 is 7.67. The monoisotopic (exact) mass is 393 g/mol. The fourth-order valence-electron chi connectivity index (χ4n) is 1.79. The molecule has 0 atom stereocenters. The number of rotatable bonds is 2. The van der Waals surface area contributed by atoms with Crippen LogP contribution in [0, 0.1) is 0 Å². The SMILES string of the molecule is Nc1ccc2c(Oc3ccc(Br)cc3Br)ncnc2c1. The molecule has 20 heavy (non-hydrogen) atoms. The van der Waals surface area contributed by atoms with Crippen LogP contribution in [0.4, 0.5) is 5.69 Å². The summed E-state index contributed by atoms with van der Waals surface area (Å²) in [5.41, 5.74) is 7.17. The summed E-state index contributed by atoms with van der Waals surface area (Å²) in [7, 11) is 0. The highest BCUT2D eigenvalue weighted by Gasteiger charge is 2.09. The van der Waals surface area contributed by atoms with Crippen molar-refractivity contribution >= 4 is 48.5 Å². The predicted molar refractivity (Wildman–Crippen MR) is 85.9 cm³/mol. The van der Waals surface area contributed by atoms with E-state index in [1.807, 2.05) is 24.3 Å². The fourth-order valence-corrected chi connectivity index (χ4v) is 2.92. The van der Waals surface area contributed by atoms with Crippen molar-refractivity contribution in [3.63, 3.8) is 0 Å². The lowest BCUT2D eigenvalue weighted by atomic mass is 10.2. The molecule has 0 unspecified atom stereocenters. The van der Waals surface area contributed by atoms with Gasteiger partial charge in [-0.25, -0.2) is 9.97 Å². The highest BCUT2D eigenvalue weighted by atomic mass is 79.9. The van der Waals surface area contributed by atoms with E-state index in [-0.39, 0.29) is 0 Å². The van der Waals surface area contributed by atoms with E-state index in [0.717, 1.165) is 19.8 Å². The Balaban J connectivity index is 2.06. The van der Waals surface area contributed by atoms with Crippen LogP contribution in [-0.4, -0.2) is 9.97 Å². The van der Waals surface area contributed by atoms with E-state index < -0.39 is 0 Å². The Morgan fingerprint density at radius 1 is 1.00 bits per heavy atom. The molecule has 6 heteroatoms. The van der Waals surface area contributed by atoms with Crippen LogP contribution in [0.15, 0.2) is 51.7 Å². The molecular weight excluding hydrogens is 386 g/mol. The Morgan fingerprint density at radius 3 is 2.65 bits per heavy atom. The van der Waals surface area contributed by atoms with Gasteiger partial charge in [-0.1, -0.05) is 15.9 Å². The molecule has 3 aromatic rings. The smallest absolute Gasteiger partial charge is 0.230 e. The number of nitrogens with zero attached hydrogens (tertiary/aromatic N) is 2. The molecule has 0 aliphatic carbocycles. The van der Waals surface area contributed by atoms with E-state index in [4.69, 9.17) is 10.5 Å². The van der Waals surface area contributed by atoms with Crippen molar-refractivity contribution in [3.8, 4) is 11.6 Å². The topological polar surface area (TPSA) is 61.0 Å². The van der Waals surface area contributed by atoms with Gasteiger partial charge in [-0.15, -0.1) is 0 Å². The van der Waals surface area contributed by atoms with E-state index in [9.17, 15) is 0 Å². The third-order valence-corrected chi connectivity index (χ3v) is 3.84. The van der Waals surface area contributed by atoms with Crippen LogP contribution in [0.25, 0.3) is 10.9 Å². The molecule has 1 heterocycles. The molecule has 0 aliphatic heterocycles. The van der Waals surface area contributed by atoms with Gasteiger partial charge in [-0.2, -0.15) is 0 Å². The highest BCUT2D eigenvalue weighted by molar-refractivity contribution is 9.11. The van der Waals surface area contributed by atoms with Crippen molar-refractivity contribution < 1.29 is 4.74 Å². The van der Waals surface area contributed by atoms with Crippen molar-refractivity contribution in [1.82, 2.24) is 9.97 Å². The number of halogens is 2. The highest BCUT2D eigenvalue weighted by Crippen LogP contribution is 2.33. The van der Waals surface area contributed by atoms with Gasteiger partial charge in [0, 0.05) is 10.2 Å². The Kier molecular flexibility index (Phi) is 3.58. The van der Waals surface area contributed by atoms with Gasteiger partial charge in [-0.05, 0) is 52.3 Å². The molecule has 1 aromatic heterocycles. The van der Waals surface area contributed by atoms with Crippen molar-refractivity contribution in [2.75, 3.05) is 5.73 Å². The maximum atomic E-state index is 5.86. The maximum absolute atomic E-state index is 5.86. The molecule has 0 fully saturated rings. The summed E-state index contributed by atoms with van der Waals surface area (Å²) in [5.74, 6) is 1.18. The molecule has 0 amide bonds. The van der Waals surface area contributed by atoms with E-state index in [2.05, 4.69) is 41.8 Å². The van der Waals surface area contributed by atoms with Crippen LogP contribution in [0.1, 0.15) is 0 Å². The zero-order valence-corrected chi connectivity index (χ0v) is 13.3. The second-order valence-corrected chi connectivity index (χ2v) is 5.90. The summed E-state index contributed by atoms with van der Waals surface area (Å²) >= 11 is 6.87. The molecular formula is C14H9Br2N3O. The van der Waals surface area contributed by atoms with E-state index in [1.54, 1.807) is 12.1 Å². The van der Waals surface area contributed by atoms with E-state index in [1.165, 1.54) is 6.33 Å². The normalized spacial score (nSPS) is 10.7. The van der Waals surface area contributed by atoms with Gasteiger partial charge in [0.2, 0.25) is 5.88 Å². The second-order valence-electron chi connectivity index (χ2n) is 4.13. The Labute approximate surface area is 132 Å². The number of benzene rings is 2. The molecule has 100 valence electrons. The minimum atomic E-state index is 0.498. The van der Waals surface area contributed by atoms with Gasteiger partial charge < -0.3 is 10.5 Å². The minimum absolute atomic E-state index is 0.498. The third-order valence-electron chi connectivity index (χ3n) is 2.72. The number of nitrogen functional groups attached to an aromatic ring is 1. The van der Waals surface area contributed by atoms with Crippen LogP contribution in [0.2, 0.25) is 0 Å². The summed E-state index contributed by atoms with van der Waals surface area (Å²) in [6.07, 6.45) is 1.46. The van der Waals surface area contributed by atoms with Crippen molar-refractivity contribution in [2.24, 2.45) is 0 Å². The number of hydrogen-bond acceptors (Lipinski definition) is 4. The lowest BCUT2D eigenvalue weighted by Gasteiger charge is -2.09. The first kappa shape index (κ1) is 13.3. The molecule has 0 saturated heterocycles. The first-order valence-corrected chi connectivity index (χ1v) is 7.35. The van der Waals surface area contributed by atoms with E-state index >= 15 is 0 Å². The molecule has 0 bridgehead atoms. The second kappa shape index (κ2) is 5.38. The summed E-state index contributed by atoms with van der Waals surface area (Å²) in [4.78, 5) is 8.38. The molecule has 0 spiro atoms. The molecule has 4 nitrogen and oxygen atoms in total. The van der Waals surface area contributed by atoms with Gasteiger partial charge in [0.1, 0.15) is 12.1 Å². The van der Waals surface area contributed by atoms with Crippen molar-refractivity contribution in [3.05, 3.63) is 51.7 Å². The number of anilines is 1. The first-order valence-electron chi connectivity index (χ1n) is 5.76. The predicted octanol–water partition coefficient (Wildman–Crippen LogP) is 4.53. The number of nitrogens with two attached hydrogens (primary N) is 1. The zero-order chi connectivity index (χ0) is 14.1. The largest absolute Gasteiger partial charge is 0.437 e. The molecule has 0 radical (unpaired) electrons. The number of aromatic nitrogens is 2. The van der Waals surface area contributed by atoms with Gasteiger partial charge in [-0.3, -0.25) is 0 Å². The van der Waals surface area contributed by atoms with Gasteiger partial charge >= 0.3 is 0 Å². The van der Waals surface area contributed by atoms with Gasteiger partial charge in [0.15, 0.2) is 0 Å². The van der Waals surface area contributed by atoms with Crippen LogP contribution < -0.4 is 10.5 Å². The first-order chi connectivity index (χ1) is 9.63. The molecule has 3 rings (SSSR count). The standard InChI is InChI=1S/C14H9Br2N3O/c15-8-1-4-13(11(16)5-8)20-14-10-3-2-9(17)6-12(10)18-7-19-14/h1-7H,17H2. The average molecular weight is 395 g/mol. The van der Waals surface area contributed by atoms with Crippen LogP contribution in [-0.2, 0) is 0 Å². The quantitative estimate of drug-likeness (QED) is 0.648. The fraction of sp³-hybridized carbons (Fsp3) is 0. The third kappa shape index (κ3) is 2.62. The Hall–Kier alpha value is -1.66. The Morgan fingerprint density at radius 2 is 1.85 bits per heavy atom. The van der Waals surface area contributed by atoms with Gasteiger partial charge in [0.05, 0.1) is 15.4 Å². The molecule has 0 aliphatic rings. The molecule has 0 saturated carbocycles. The summed E-state index contributed by atoms with van der Waals surface area (Å²) in [6.45, 7) is 0. The maximum Gasteiger partial charge on any atom is 0.230 e. The lowest BCUT2D eigenvalue weighted by molar-refractivity contribution is 0.465. The molecule has 2 aromatic carbocycles. The van der Waals surface area contributed by atoms with Crippen LogP contribution >= 0.6 is 31.9 Å². The Bertz CT molecular complexity index is 792. The zero-order valence-electron chi connectivity index (χ0n) is 10.2. The molecule has 2 N–H and O–H groups in total. The summed E-state index contributed by atoms with van der Waals surface area (Å²) in [6, 6.07) is 11.1. The van der Waals surface area contributed by atoms with E-state index in [0.29, 0.717) is 17.3 Å².